The van der Waals surface area contributed by atoms with Crippen LogP contribution in [-0.2, 0) is 6.54 Å². The van der Waals surface area contributed by atoms with Crippen LogP contribution < -0.4 is 5.73 Å². The molecular weight excluding hydrogens is 294 g/mol. The fourth-order valence-electron chi connectivity index (χ4n) is 3.06. The second kappa shape index (κ2) is 7.86. The van der Waals surface area contributed by atoms with Crippen molar-refractivity contribution in [3.8, 4) is 0 Å². The number of pyridine rings is 1. The van der Waals surface area contributed by atoms with E-state index in [0.29, 0.717) is 0 Å². The Bertz CT molecular complexity index is 729. The SMILES string of the molecule is CN(Cc1ccccc1)C(c1ccccn1)C(N)c1ccccc1. The lowest BCUT2D eigenvalue weighted by Gasteiger charge is -2.32. The summed E-state index contributed by atoms with van der Waals surface area (Å²) in [6.07, 6.45) is 1.83. The third kappa shape index (κ3) is 3.88. The summed E-state index contributed by atoms with van der Waals surface area (Å²) in [6, 6.07) is 26.5. The molecule has 2 atom stereocenters. The molecule has 0 amide bonds. The smallest absolute Gasteiger partial charge is 0.0716 e. The molecule has 0 radical (unpaired) electrons. The molecule has 0 aliphatic carbocycles. The Kier molecular flexibility index (Phi) is 5.36. The quantitative estimate of drug-likeness (QED) is 0.748. The molecule has 2 aromatic carbocycles. The first kappa shape index (κ1) is 16.4. The molecule has 0 spiro atoms. The molecule has 0 saturated heterocycles. The van der Waals surface area contributed by atoms with Crippen LogP contribution in [0.4, 0.5) is 0 Å². The average molecular weight is 317 g/mol. The van der Waals surface area contributed by atoms with Gasteiger partial charge < -0.3 is 5.73 Å². The third-order valence-electron chi connectivity index (χ3n) is 4.27. The number of aromatic nitrogens is 1. The second-order valence-corrected chi connectivity index (χ2v) is 6.04. The molecule has 122 valence electrons. The van der Waals surface area contributed by atoms with Crippen molar-refractivity contribution in [3.63, 3.8) is 0 Å². The molecule has 0 aliphatic heterocycles. The summed E-state index contributed by atoms with van der Waals surface area (Å²) in [5.41, 5.74) is 10.0. The Hall–Kier alpha value is -2.49. The highest BCUT2D eigenvalue weighted by Crippen LogP contribution is 2.31. The molecule has 0 aliphatic rings. The Morgan fingerprint density at radius 3 is 2.12 bits per heavy atom. The van der Waals surface area contributed by atoms with Crippen LogP contribution >= 0.6 is 0 Å². The number of nitrogens with two attached hydrogens (primary N) is 1. The van der Waals surface area contributed by atoms with Gasteiger partial charge in [0.05, 0.1) is 17.8 Å². The van der Waals surface area contributed by atoms with Crippen molar-refractivity contribution in [1.29, 1.82) is 0 Å². The standard InChI is InChI=1S/C21H23N3/c1-24(16-17-10-4-2-5-11-17)21(19-14-8-9-15-23-19)20(22)18-12-6-3-7-13-18/h2-15,20-21H,16,22H2,1H3. The maximum Gasteiger partial charge on any atom is 0.0716 e. The zero-order valence-corrected chi connectivity index (χ0v) is 13.9. The molecule has 2 unspecified atom stereocenters. The number of benzene rings is 2. The summed E-state index contributed by atoms with van der Waals surface area (Å²) >= 11 is 0. The molecule has 3 heteroatoms. The zero-order valence-electron chi connectivity index (χ0n) is 13.9. The summed E-state index contributed by atoms with van der Waals surface area (Å²) in [5.74, 6) is 0. The maximum absolute atomic E-state index is 6.64. The lowest BCUT2D eigenvalue weighted by Crippen LogP contribution is -2.34. The number of nitrogens with zero attached hydrogens (tertiary/aromatic N) is 2. The van der Waals surface area contributed by atoms with Crippen molar-refractivity contribution in [3.05, 3.63) is 102 Å². The maximum atomic E-state index is 6.64. The predicted octanol–water partition coefficient (Wildman–Crippen LogP) is 3.95. The van der Waals surface area contributed by atoms with Crippen LogP contribution in [0.5, 0.6) is 0 Å². The summed E-state index contributed by atoms with van der Waals surface area (Å²) in [4.78, 5) is 6.84. The van der Waals surface area contributed by atoms with E-state index < -0.39 is 0 Å². The van der Waals surface area contributed by atoms with Gasteiger partial charge in [-0.05, 0) is 30.3 Å². The van der Waals surface area contributed by atoms with E-state index in [1.165, 1.54) is 5.56 Å². The van der Waals surface area contributed by atoms with Gasteiger partial charge in [-0.25, -0.2) is 0 Å². The third-order valence-corrected chi connectivity index (χ3v) is 4.27. The van der Waals surface area contributed by atoms with Crippen LogP contribution in [0.1, 0.15) is 28.9 Å². The number of likely N-dealkylation sites (N-methyl/N-ethyl adjacent to an activating group) is 1. The van der Waals surface area contributed by atoms with Crippen molar-refractivity contribution in [2.75, 3.05) is 7.05 Å². The Morgan fingerprint density at radius 2 is 1.50 bits per heavy atom. The molecule has 3 nitrogen and oxygen atoms in total. The van der Waals surface area contributed by atoms with E-state index in [-0.39, 0.29) is 12.1 Å². The molecule has 0 saturated carbocycles. The number of hydrogen-bond acceptors (Lipinski definition) is 3. The molecule has 0 fully saturated rings. The van der Waals surface area contributed by atoms with Crippen molar-refractivity contribution in [2.24, 2.45) is 5.73 Å². The summed E-state index contributed by atoms with van der Waals surface area (Å²) in [7, 11) is 2.11. The summed E-state index contributed by atoms with van der Waals surface area (Å²) < 4.78 is 0. The summed E-state index contributed by atoms with van der Waals surface area (Å²) in [5, 5.41) is 0. The van der Waals surface area contributed by atoms with Gasteiger partial charge in [-0.2, -0.15) is 0 Å². The Morgan fingerprint density at radius 1 is 0.875 bits per heavy atom. The first-order valence-electron chi connectivity index (χ1n) is 8.21. The van der Waals surface area contributed by atoms with Crippen molar-refractivity contribution in [2.45, 2.75) is 18.6 Å². The highest BCUT2D eigenvalue weighted by atomic mass is 15.2. The van der Waals surface area contributed by atoms with Gasteiger partial charge in [0.25, 0.3) is 0 Å². The lowest BCUT2D eigenvalue weighted by molar-refractivity contribution is 0.201. The predicted molar refractivity (Wildman–Crippen MR) is 98.3 cm³/mol. The Balaban J connectivity index is 1.90. The number of rotatable bonds is 6. The van der Waals surface area contributed by atoms with Crippen LogP contribution in [0.25, 0.3) is 0 Å². The normalized spacial score (nSPS) is 13.6. The Labute approximate surface area is 143 Å². The van der Waals surface area contributed by atoms with Crippen LogP contribution in [0, 0.1) is 0 Å². The minimum Gasteiger partial charge on any atom is -0.322 e. The first-order valence-corrected chi connectivity index (χ1v) is 8.21. The van der Waals surface area contributed by atoms with E-state index in [9.17, 15) is 0 Å². The van der Waals surface area contributed by atoms with Gasteiger partial charge in [-0.1, -0.05) is 66.7 Å². The van der Waals surface area contributed by atoms with Gasteiger partial charge in [0, 0.05) is 12.7 Å². The molecule has 3 rings (SSSR count). The van der Waals surface area contributed by atoms with Gasteiger partial charge in [-0.3, -0.25) is 9.88 Å². The van der Waals surface area contributed by atoms with E-state index in [4.69, 9.17) is 5.73 Å². The van der Waals surface area contributed by atoms with Crippen LogP contribution in [-0.4, -0.2) is 16.9 Å². The van der Waals surface area contributed by atoms with E-state index in [1.54, 1.807) is 0 Å². The largest absolute Gasteiger partial charge is 0.322 e. The van der Waals surface area contributed by atoms with Crippen molar-refractivity contribution >= 4 is 0 Å². The zero-order chi connectivity index (χ0) is 16.8. The van der Waals surface area contributed by atoms with E-state index in [0.717, 1.165) is 17.8 Å². The number of hydrogen-bond donors (Lipinski definition) is 1. The van der Waals surface area contributed by atoms with Gasteiger partial charge in [0.2, 0.25) is 0 Å². The molecule has 0 bridgehead atoms. The molecule has 24 heavy (non-hydrogen) atoms. The topological polar surface area (TPSA) is 42.2 Å². The van der Waals surface area contributed by atoms with Crippen molar-refractivity contribution < 1.29 is 0 Å². The van der Waals surface area contributed by atoms with Gasteiger partial charge >= 0.3 is 0 Å². The summed E-state index contributed by atoms with van der Waals surface area (Å²) in [6.45, 7) is 0.822. The van der Waals surface area contributed by atoms with E-state index >= 15 is 0 Å². The second-order valence-electron chi connectivity index (χ2n) is 6.04. The van der Waals surface area contributed by atoms with Gasteiger partial charge in [0.15, 0.2) is 0 Å². The fraction of sp³-hybridized carbons (Fsp3) is 0.190. The minimum absolute atomic E-state index is 0.00815. The highest BCUT2D eigenvalue weighted by Gasteiger charge is 2.26. The van der Waals surface area contributed by atoms with Crippen LogP contribution in [0.2, 0.25) is 0 Å². The van der Waals surface area contributed by atoms with Crippen LogP contribution in [0.15, 0.2) is 85.1 Å². The molecule has 3 aromatic rings. The molecule has 1 aromatic heterocycles. The lowest BCUT2D eigenvalue weighted by atomic mass is 9.95. The van der Waals surface area contributed by atoms with Crippen LogP contribution in [0.3, 0.4) is 0 Å². The molecule has 1 heterocycles. The van der Waals surface area contributed by atoms with Gasteiger partial charge in [-0.15, -0.1) is 0 Å². The highest BCUT2D eigenvalue weighted by molar-refractivity contribution is 5.24. The average Bonchev–Trinajstić information content (AvgIpc) is 2.64. The fourth-order valence-corrected chi connectivity index (χ4v) is 3.06. The monoisotopic (exact) mass is 317 g/mol. The van der Waals surface area contributed by atoms with E-state index in [2.05, 4.69) is 59.4 Å². The van der Waals surface area contributed by atoms with Gasteiger partial charge in [0.1, 0.15) is 0 Å². The molecule has 2 N–H and O–H groups in total. The first-order chi connectivity index (χ1) is 11.8. The minimum atomic E-state index is -0.144. The van der Waals surface area contributed by atoms with E-state index in [1.807, 2.05) is 42.6 Å². The van der Waals surface area contributed by atoms with Crippen molar-refractivity contribution in [1.82, 2.24) is 9.88 Å². The molecular formula is C21H23N3.